The van der Waals surface area contributed by atoms with E-state index < -0.39 is 0 Å². The number of hydrogen-bond acceptors (Lipinski definition) is 7. The van der Waals surface area contributed by atoms with Gasteiger partial charge in [0, 0.05) is 32.9 Å². The third-order valence-corrected chi connectivity index (χ3v) is 5.75. The summed E-state index contributed by atoms with van der Waals surface area (Å²) < 4.78 is 5.95. The van der Waals surface area contributed by atoms with Crippen LogP contribution in [0.25, 0.3) is 0 Å². The van der Waals surface area contributed by atoms with Crippen molar-refractivity contribution >= 4 is 23.4 Å². The van der Waals surface area contributed by atoms with Crippen LogP contribution in [0.2, 0.25) is 0 Å². The molecule has 1 aromatic rings. The van der Waals surface area contributed by atoms with Crippen LogP contribution in [0.15, 0.2) is 12.4 Å². The summed E-state index contributed by atoms with van der Waals surface area (Å²) in [7, 11) is 3.47. The maximum atomic E-state index is 11.6. The minimum Gasteiger partial charge on any atom is -0.367 e. The Morgan fingerprint density at radius 1 is 1.52 bits per heavy atom. The second kappa shape index (κ2) is 6.34. The van der Waals surface area contributed by atoms with Crippen LogP contribution in [0.1, 0.15) is 12.2 Å². The van der Waals surface area contributed by atoms with Gasteiger partial charge in [0.2, 0.25) is 11.7 Å². The molecule has 1 unspecified atom stereocenters. The fourth-order valence-electron chi connectivity index (χ4n) is 2.82. The standard InChI is InChI=1S/C15H19N5O2S/c1-19(2)14(21)7-22-12-3-15(23-8-12)9-20(10-15)11-5-17-13(4-16)18-6-11/h5-6,12H,3,7-10H2,1-2H3. The lowest BCUT2D eigenvalue weighted by molar-refractivity contribution is -0.135. The minimum absolute atomic E-state index is 0.000849. The first-order valence-corrected chi connectivity index (χ1v) is 8.43. The highest BCUT2D eigenvalue weighted by Gasteiger charge is 2.49. The molecule has 2 saturated heterocycles. The van der Waals surface area contributed by atoms with Gasteiger partial charge in [-0.15, -0.1) is 11.8 Å². The van der Waals surface area contributed by atoms with Crippen molar-refractivity contribution in [2.45, 2.75) is 17.3 Å². The highest BCUT2D eigenvalue weighted by atomic mass is 32.2. The van der Waals surface area contributed by atoms with Crippen molar-refractivity contribution in [3.05, 3.63) is 18.2 Å². The molecule has 0 radical (unpaired) electrons. The summed E-state index contributed by atoms with van der Waals surface area (Å²) in [5.41, 5.74) is 0.947. The largest absolute Gasteiger partial charge is 0.367 e. The fraction of sp³-hybridized carbons (Fsp3) is 0.600. The second-order valence-corrected chi connectivity index (χ2v) is 7.64. The molecule has 0 aromatic carbocycles. The lowest BCUT2D eigenvalue weighted by Crippen LogP contribution is -2.59. The van der Waals surface area contributed by atoms with E-state index in [9.17, 15) is 4.79 Å². The Morgan fingerprint density at radius 2 is 2.22 bits per heavy atom. The predicted octanol–water partition coefficient (Wildman–Crippen LogP) is 0.517. The van der Waals surface area contributed by atoms with Gasteiger partial charge in [0.05, 0.1) is 28.9 Å². The van der Waals surface area contributed by atoms with E-state index in [1.807, 2.05) is 17.8 Å². The van der Waals surface area contributed by atoms with Crippen LogP contribution in [0.4, 0.5) is 5.69 Å². The van der Waals surface area contributed by atoms with Crippen molar-refractivity contribution in [2.75, 3.05) is 44.4 Å². The molecule has 122 valence electrons. The van der Waals surface area contributed by atoms with E-state index >= 15 is 0 Å². The lowest BCUT2D eigenvalue weighted by atomic mass is 9.92. The average Bonchev–Trinajstić information content (AvgIpc) is 2.96. The molecule has 1 atom stereocenters. The molecular formula is C15H19N5O2S. The Labute approximate surface area is 139 Å². The van der Waals surface area contributed by atoms with Gasteiger partial charge in [-0.2, -0.15) is 5.26 Å². The molecule has 23 heavy (non-hydrogen) atoms. The van der Waals surface area contributed by atoms with Crippen molar-refractivity contribution < 1.29 is 9.53 Å². The molecule has 0 bridgehead atoms. The third kappa shape index (κ3) is 3.41. The molecule has 0 saturated carbocycles. The van der Waals surface area contributed by atoms with Gasteiger partial charge in [-0.05, 0) is 6.42 Å². The lowest BCUT2D eigenvalue weighted by Gasteiger charge is -2.48. The maximum Gasteiger partial charge on any atom is 0.248 e. The van der Waals surface area contributed by atoms with Gasteiger partial charge in [0.15, 0.2) is 0 Å². The molecule has 1 amide bonds. The molecule has 7 nitrogen and oxygen atoms in total. The number of likely N-dealkylation sites (N-methyl/N-ethyl adjacent to an activating group) is 1. The number of rotatable bonds is 4. The SMILES string of the molecule is CN(C)C(=O)COC1CSC2(C1)CN(c1cnc(C#N)nc1)C2. The molecule has 3 rings (SSSR count). The van der Waals surface area contributed by atoms with Gasteiger partial charge >= 0.3 is 0 Å². The zero-order valence-corrected chi connectivity index (χ0v) is 14.0. The number of amides is 1. The molecule has 0 N–H and O–H groups in total. The smallest absolute Gasteiger partial charge is 0.248 e. The molecule has 1 aromatic heterocycles. The van der Waals surface area contributed by atoms with E-state index in [0.717, 1.165) is 31.0 Å². The van der Waals surface area contributed by atoms with Crippen LogP contribution in [-0.2, 0) is 9.53 Å². The number of hydrogen-bond donors (Lipinski definition) is 0. The molecule has 0 aliphatic carbocycles. The Hall–Kier alpha value is -1.85. The van der Waals surface area contributed by atoms with Crippen LogP contribution in [0.3, 0.4) is 0 Å². The average molecular weight is 333 g/mol. The summed E-state index contributed by atoms with van der Waals surface area (Å²) in [4.78, 5) is 23.4. The molecule has 3 heterocycles. The second-order valence-electron chi connectivity index (χ2n) is 6.15. The summed E-state index contributed by atoms with van der Waals surface area (Å²) in [6.07, 6.45) is 4.50. The fourth-order valence-corrected chi connectivity index (χ4v) is 4.37. The van der Waals surface area contributed by atoms with Gasteiger partial charge in [-0.3, -0.25) is 4.79 Å². The third-order valence-electron chi connectivity index (χ3n) is 4.18. The number of carbonyl (C=O) groups excluding carboxylic acids is 1. The Kier molecular flexibility index (Phi) is 4.41. The number of nitrogens with zero attached hydrogens (tertiary/aromatic N) is 5. The quantitative estimate of drug-likeness (QED) is 0.794. The van der Waals surface area contributed by atoms with Crippen LogP contribution >= 0.6 is 11.8 Å². The molecule has 8 heteroatoms. The first-order chi connectivity index (χ1) is 11.0. The van der Waals surface area contributed by atoms with Crippen molar-refractivity contribution in [3.8, 4) is 6.07 Å². The number of carbonyl (C=O) groups is 1. The molecule has 2 aliphatic heterocycles. The summed E-state index contributed by atoms with van der Waals surface area (Å²) in [6.45, 7) is 2.00. The Morgan fingerprint density at radius 3 is 2.83 bits per heavy atom. The molecule has 2 fully saturated rings. The van der Waals surface area contributed by atoms with E-state index in [2.05, 4.69) is 14.9 Å². The van der Waals surface area contributed by atoms with Gasteiger partial charge in [-0.25, -0.2) is 9.97 Å². The monoisotopic (exact) mass is 333 g/mol. The van der Waals surface area contributed by atoms with E-state index in [4.69, 9.17) is 10.00 Å². The predicted molar refractivity (Wildman–Crippen MR) is 87.2 cm³/mol. The van der Waals surface area contributed by atoms with Crippen molar-refractivity contribution in [1.82, 2.24) is 14.9 Å². The summed E-state index contributed by atoms with van der Waals surface area (Å²) >= 11 is 1.92. The number of thioether (sulfide) groups is 1. The van der Waals surface area contributed by atoms with Crippen LogP contribution in [0.5, 0.6) is 0 Å². The van der Waals surface area contributed by atoms with Crippen molar-refractivity contribution in [3.63, 3.8) is 0 Å². The number of aromatic nitrogens is 2. The maximum absolute atomic E-state index is 11.6. The minimum atomic E-state index is 0.000849. The number of anilines is 1. The highest BCUT2D eigenvalue weighted by Crippen LogP contribution is 2.47. The van der Waals surface area contributed by atoms with Crippen LogP contribution in [0, 0.1) is 11.3 Å². The van der Waals surface area contributed by atoms with Crippen LogP contribution < -0.4 is 4.90 Å². The highest BCUT2D eigenvalue weighted by molar-refractivity contribution is 8.01. The first-order valence-electron chi connectivity index (χ1n) is 7.44. The van der Waals surface area contributed by atoms with Gasteiger partial charge in [0.25, 0.3) is 0 Å². The molecule has 2 aliphatic rings. The first kappa shape index (κ1) is 16.0. The number of ether oxygens (including phenoxy) is 1. The van der Waals surface area contributed by atoms with Crippen molar-refractivity contribution in [1.29, 1.82) is 5.26 Å². The van der Waals surface area contributed by atoms with Crippen molar-refractivity contribution in [2.24, 2.45) is 0 Å². The Bertz CT molecular complexity index is 622. The topological polar surface area (TPSA) is 82.4 Å². The normalized spacial score (nSPS) is 21.8. The van der Waals surface area contributed by atoms with E-state index in [0.29, 0.717) is 0 Å². The summed E-state index contributed by atoms with van der Waals surface area (Å²) in [5, 5.41) is 8.73. The zero-order valence-electron chi connectivity index (χ0n) is 13.2. The summed E-state index contributed by atoms with van der Waals surface area (Å²) in [6, 6.07) is 1.92. The van der Waals surface area contributed by atoms with Crippen LogP contribution in [-0.4, -0.2) is 71.2 Å². The summed E-state index contributed by atoms with van der Waals surface area (Å²) in [5.74, 6) is 1.12. The van der Waals surface area contributed by atoms with Gasteiger partial charge in [-0.1, -0.05) is 0 Å². The van der Waals surface area contributed by atoms with E-state index in [1.165, 1.54) is 0 Å². The van der Waals surface area contributed by atoms with E-state index in [-0.39, 0.29) is 29.2 Å². The molecule has 1 spiro atoms. The van der Waals surface area contributed by atoms with Gasteiger partial charge < -0.3 is 14.5 Å². The zero-order chi connectivity index (χ0) is 16.4. The Balaban J connectivity index is 1.49. The van der Waals surface area contributed by atoms with E-state index in [1.54, 1.807) is 31.4 Å². The number of nitriles is 1. The molecular weight excluding hydrogens is 314 g/mol. The van der Waals surface area contributed by atoms with Gasteiger partial charge in [0.1, 0.15) is 12.7 Å².